The number of rotatable bonds is 8. The third-order valence-corrected chi connectivity index (χ3v) is 6.45. The van der Waals surface area contributed by atoms with E-state index in [4.69, 9.17) is 0 Å². The molecule has 3 rings (SSSR count). The maximum atomic E-state index is 4.47. The molecule has 0 spiro atoms. The summed E-state index contributed by atoms with van der Waals surface area (Å²) in [4.78, 5) is 5.11. The number of benzene rings is 1. The van der Waals surface area contributed by atoms with E-state index in [-0.39, 0.29) is 0 Å². The highest BCUT2D eigenvalue weighted by atomic mass is 15.2. The topological polar surface area (TPSA) is 6.48 Å². The molecule has 158 valence electrons. The second-order valence-corrected chi connectivity index (χ2v) is 8.78. The van der Waals surface area contributed by atoms with Crippen LogP contribution in [0.3, 0.4) is 0 Å². The molecule has 0 saturated carbocycles. The van der Waals surface area contributed by atoms with Gasteiger partial charge in [-0.3, -0.25) is 4.90 Å². The number of hydrogen-bond donors (Lipinski definition) is 0. The summed E-state index contributed by atoms with van der Waals surface area (Å²) in [5.41, 5.74) is 8.20. The van der Waals surface area contributed by atoms with Crippen LogP contribution in [0.1, 0.15) is 83.8 Å². The summed E-state index contributed by atoms with van der Waals surface area (Å²) in [5, 5.41) is 0. The molecule has 2 nitrogen and oxygen atoms in total. The lowest BCUT2D eigenvalue weighted by Gasteiger charge is -2.36. The largest absolute Gasteiger partial charge is 0.344 e. The normalized spacial score (nSPS) is 19.8. The van der Waals surface area contributed by atoms with Gasteiger partial charge in [-0.1, -0.05) is 52.3 Å². The summed E-state index contributed by atoms with van der Waals surface area (Å²) in [6.07, 6.45) is 13.2. The zero-order chi connectivity index (χ0) is 20.8. The third kappa shape index (κ3) is 5.04. The molecule has 0 radical (unpaired) electrons. The molecule has 0 bridgehead atoms. The van der Waals surface area contributed by atoms with Crippen LogP contribution in [0.4, 0.5) is 5.69 Å². The van der Waals surface area contributed by atoms with E-state index in [0.717, 1.165) is 32.2 Å². The summed E-state index contributed by atoms with van der Waals surface area (Å²) in [5.74, 6) is 0. The van der Waals surface area contributed by atoms with Crippen LogP contribution in [-0.2, 0) is 6.54 Å². The number of allylic oxidation sites excluding steroid dienone is 4. The maximum absolute atomic E-state index is 4.47. The van der Waals surface area contributed by atoms with Crippen LogP contribution in [0, 0.1) is 0 Å². The molecule has 1 aromatic rings. The zero-order valence-electron chi connectivity index (χ0n) is 19.1. The first-order valence-electron chi connectivity index (χ1n) is 11.8. The molecule has 1 aromatic carbocycles. The van der Waals surface area contributed by atoms with Crippen molar-refractivity contribution in [2.45, 2.75) is 85.2 Å². The molecule has 1 unspecified atom stereocenters. The van der Waals surface area contributed by atoms with E-state index in [1.807, 2.05) is 0 Å². The minimum Gasteiger partial charge on any atom is -0.344 e. The zero-order valence-corrected chi connectivity index (χ0v) is 19.1. The second kappa shape index (κ2) is 10.3. The van der Waals surface area contributed by atoms with Crippen LogP contribution in [0.15, 0.2) is 48.2 Å². The van der Waals surface area contributed by atoms with Gasteiger partial charge in [0, 0.05) is 35.6 Å². The number of piperidine rings is 1. The Morgan fingerprint density at radius 2 is 1.90 bits per heavy atom. The number of anilines is 1. The predicted octanol–water partition coefficient (Wildman–Crippen LogP) is 7.32. The lowest BCUT2D eigenvalue weighted by atomic mass is 9.85. The van der Waals surface area contributed by atoms with E-state index >= 15 is 0 Å². The standard InChI is InChI=1S/C27H40N2/c1-6-12-21(4)26-20-29(22(5)8-3)27-15-14-23(18-25(27)24(26)13-7-2)19-28-16-10-9-11-17-28/h13-15,18,20,22H,4,6-12,16-17,19H2,1-3,5H3. The molecule has 2 aliphatic heterocycles. The van der Waals surface area contributed by atoms with Crippen molar-refractivity contribution in [3.8, 4) is 0 Å². The molecule has 29 heavy (non-hydrogen) atoms. The van der Waals surface area contributed by atoms with Gasteiger partial charge >= 0.3 is 0 Å². The molecular formula is C27H40N2. The molecule has 2 heterocycles. The summed E-state index contributed by atoms with van der Waals surface area (Å²) in [6, 6.07) is 7.66. The Morgan fingerprint density at radius 3 is 2.55 bits per heavy atom. The number of hydrogen-bond acceptors (Lipinski definition) is 2. The van der Waals surface area contributed by atoms with Crippen molar-refractivity contribution in [1.82, 2.24) is 4.90 Å². The van der Waals surface area contributed by atoms with Gasteiger partial charge in [-0.15, -0.1) is 0 Å². The van der Waals surface area contributed by atoms with Gasteiger partial charge in [-0.05, 0) is 81.0 Å². The Morgan fingerprint density at radius 1 is 1.14 bits per heavy atom. The summed E-state index contributed by atoms with van der Waals surface area (Å²) in [7, 11) is 0. The molecule has 0 N–H and O–H groups in total. The SMILES string of the molecule is C=C(CCC)C1=CN(C(C)CC)c2ccc(CN3CCCCC3)cc2C1=CCC. The van der Waals surface area contributed by atoms with Crippen LogP contribution in [-0.4, -0.2) is 24.0 Å². The minimum atomic E-state index is 0.481. The van der Waals surface area contributed by atoms with Crippen LogP contribution in [0.25, 0.3) is 5.57 Å². The molecule has 0 aromatic heterocycles. The van der Waals surface area contributed by atoms with Gasteiger partial charge in [-0.2, -0.15) is 0 Å². The van der Waals surface area contributed by atoms with Crippen LogP contribution in [0.2, 0.25) is 0 Å². The fourth-order valence-corrected chi connectivity index (χ4v) is 4.62. The molecule has 1 fully saturated rings. The highest BCUT2D eigenvalue weighted by molar-refractivity contribution is 5.93. The van der Waals surface area contributed by atoms with Gasteiger partial charge in [0.15, 0.2) is 0 Å². The monoisotopic (exact) mass is 392 g/mol. The quantitative estimate of drug-likeness (QED) is 0.457. The Balaban J connectivity index is 2.02. The van der Waals surface area contributed by atoms with E-state index in [1.54, 1.807) is 0 Å². The lowest BCUT2D eigenvalue weighted by Crippen LogP contribution is -2.31. The number of likely N-dealkylation sites (tertiary alicyclic amines) is 1. The van der Waals surface area contributed by atoms with Crippen LogP contribution >= 0.6 is 0 Å². The number of fused-ring (bicyclic) bond motifs is 1. The van der Waals surface area contributed by atoms with E-state index in [2.05, 4.69) is 74.5 Å². The predicted molar refractivity (Wildman–Crippen MR) is 128 cm³/mol. The summed E-state index contributed by atoms with van der Waals surface area (Å²) < 4.78 is 0. The van der Waals surface area contributed by atoms with Gasteiger partial charge in [0.25, 0.3) is 0 Å². The van der Waals surface area contributed by atoms with Crippen molar-refractivity contribution >= 4 is 11.3 Å². The van der Waals surface area contributed by atoms with Crippen LogP contribution < -0.4 is 4.90 Å². The Hall–Kier alpha value is -1.80. The van der Waals surface area contributed by atoms with E-state index in [1.165, 1.54) is 65.9 Å². The van der Waals surface area contributed by atoms with Gasteiger partial charge in [0.2, 0.25) is 0 Å². The summed E-state index contributed by atoms with van der Waals surface area (Å²) in [6.45, 7) is 17.1. The highest BCUT2D eigenvalue weighted by Gasteiger charge is 2.26. The fourth-order valence-electron chi connectivity index (χ4n) is 4.62. The molecule has 0 aliphatic carbocycles. The first-order valence-corrected chi connectivity index (χ1v) is 11.8. The van der Waals surface area contributed by atoms with Crippen molar-refractivity contribution in [2.75, 3.05) is 18.0 Å². The van der Waals surface area contributed by atoms with Gasteiger partial charge in [0.05, 0.1) is 0 Å². The van der Waals surface area contributed by atoms with Crippen molar-refractivity contribution in [3.05, 3.63) is 59.3 Å². The molecular weight excluding hydrogens is 352 g/mol. The smallest absolute Gasteiger partial charge is 0.0488 e. The Kier molecular flexibility index (Phi) is 7.77. The summed E-state index contributed by atoms with van der Waals surface area (Å²) >= 11 is 0. The van der Waals surface area contributed by atoms with Crippen molar-refractivity contribution in [1.29, 1.82) is 0 Å². The van der Waals surface area contributed by atoms with E-state index in [0.29, 0.717) is 6.04 Å². The molecule has 0 amide bonds. The Labute approximate surface area is 179 Å². The first kappa shape index (κ1) is 21.9. The molecule has 2 aliphatic rings. The van der Waals surface area contributed by atoms with E-state index < -0.39 is 0 Å². The van der Waals surface area contributed by atoms with Gasteiger partial charge < -0.3 is 4.90 Å². The number of nitrogens with zero attached hydrogens (tertiary/aromatic N) is 2. The highest BCUT2D eigenvalue weighted by Crippen LogP contribution is 2.42. The maximum Gasteiger partial charge on any atom is 0.0488 e. The molecule has 1 atom stereocenters. The minimum absolute atomic E-state index is 0.481. The molecule has 2 heteroatoms. The average molecular weight is 393 g/mol. The van der Waals surface area contributed by atoms with Crippen LogP contribution in [0.5, 0.6) is 0 Å². The van der Waals surface area contributed by atoms with Gasteiger partial charge in [0.1, 0.15) is 0 Å². The van der Waals surface area contributed by atoms with Crippen molar-refractivity contribution in [2.24, 2.45) is 0 Å². The van der Waals surface area contributed by atoms with E-state index in [9.17, 15) is 0 Å². The van der Waals surface area contributed by atoms with Gasteiger partial charge in [-0.25, -0.2) is 0 Å². The average Bonchev–Trinajstić information content (AvgIpc) is 2.74. The second-order valence-electron chi connectivity index (χ2n) is 8.78. The molecule has 1 saturated heterocycles. The Bertz CT molecular complexity index is 765. The van der Waals surface area contributed by atoms with Crippen molar-refractivity contribution < 1.29 is 0 Å². The third-order valence-electron chi connectivity index (χ3n) is 6.45. The fraction of sp³-hybridized carbons (Fsp3) is 0.556. The first-order chi connectivity index (χ1) is 14.1. The van der Waals surface area contributed by atoms with Crippen molar-refractivity contribution in [3.63, 3.8) is 0 Å². The lowest BCUT2D eigenvalue weighted by molar-refractivity contribution is 0.221.